The summed E-state index contributed by atoms with van der Waals surface area (Å²) in [6, 6.07) is 15.0. The third-order valence-corrected chi connectivity index (χ3v) is 8.99. The molecule has 0 atom stereocenters. The number of nitrogens with one attached hydrogen (secondary N) is 1. The van der Waals surface area contributed by atoms with Crippen molar-refractivity contribution in [2.45, 2.75) is 56.4 Å². The molecule has 1 aromatic carbocycles. The zero-order chi connectivity index (χ0) is 28.9. The van der Waals surface area contributed by atoms with E-state index < -0.39 is 0 Å². The number of aryl methyl sites for hydroxylation is 1. The van der Waals surface area contributed by atoms with E-state index in [2.05, 4.69) is 24.7 Å². The van der Waals surface area contributed by atoms with Crippen LogP contribution in [0.25, 0.3) is 16.8 Å². The Bertz CT molecular complexity index is 1820. The van der Waals surface area contributed by atoms with Gasteiger partial charge in [-0.15, -0.1) is 0 Å². The van der Waals surface area contributed by atoms with Gasteiger partial charge >= 0.3 is 0 Å². The summed E-state index contributed by atoms with van der Waals surface area (Å²) < 4.78 is 2.07. The van der Waals surface area contributed by atoms with Gasteiger partial charge in [0.25, 0.3) is 5.91 Å². The Hall–Kier alpha value is -4.92. The molecule has 42 heavy (non-hydrogen) atoms. The van der Waals surface area contributed by atoms with Gasteiger partial charge in [0.1, 0.15) is 22.9 Å². The lowest BCUT2D eigenvalue weighted by Crippen LogP contribution is -2.45. The molecule has 2 saturated carbocycles. The maximum absolute atomic E-state index is 13.0. The second-order valence-electron chi connectivity index (χ2n) is 11.8. The molecular weight excluding hydrogens is 526 g/mol. The molecule has 0 radical (unpaired) electrons. The highest BCUT2D eigenvalue weighted by molar-refractivity contribution is 5.98. The number of carbonyl (C=O) groups excluding carboxylic acids is 2. The van der Waals surface area contributed by atoms with Gasteiger partial charge in [-0.25, -0.2) is 9.97 Å². The Morgan fingerprint density at radius 3 is 2.52 bits per heavy atom. The Kier molecular flexibility index (Phi) is 6.11. The number of amides is 1. The van der Waals surface area contributed by atoms with E-state index in [0.717, 1.165) is 66.0 Å². The fourth-order valence-electron chi connectivity index (χ4n) is 6.91. The molecule has 0 aliphatic heterocycles. The third kappa shape index (κ3) is 4.41. The number of aromatic nitrogens is 5. The average molecular weight is 558 g/mol. The molecule has 4 heterocycles. The minimum absolute atomic E-state index is 0.0108. The first kappa shape index (κ1) is 26.0. The number of benzene rings is 1. The Morgan fingerprint density at radius 1 is 0.976 bits per heavy atom. The molecule has 2 bridgehead atoms. The van der Waals surface area contributed by atoms with E-state index in [1.54, 1.807) is 36.9 Å². The number of hydrogen-bond acceptors (Lipinski definition) is 7. The fourth-order valence-corrected chi connectivity index (χ4v) is 6.91. The molecule has 0 saturated heterocycles. The number of pyridine rings is 2. The van der Waals surface area contributed by atoms with Crippen LogP contribution in [0.1, 0.15) is 69.9 Å². The normalized spacial score (nSPS) is 21.1. The minimum atomic E-state index is -0.272. The standard InChI is InChI=1S/C33H31N7O2/c1-21-8-14-36-25(17-21)18-26(41)22-4-6-23(7-5-22)27-28-29(34)37-15-16-40(28)31(38-27)32-9-11-33(20-32,12-10-32)39-30(42)24-3-2-13-35-19-24/h2-8,13-17,19H,9-12,18,20H2,1H3,(H2,34,37)(H,39,42). The summed E-state index contributed by atoms with van der Waals surface area (Å²) in [6.07, 6.45) is 13.3. The predicted octanol–water partition coefficient (Wildman–Crippen LogP) is 4.89. The first-order chi connectivity index (χ1) is 20.3. The maximum atomic E-state index is 13.0. The highest BCUT2D eigenvalue weighted by Crippen LogP contribution is 2.57. The lowest BCUT2D eigenvalue weighted by Gasteiger charge is -2.28. The summed E-state index contributed by atoms with van der Waals surface area (Å²) in [6.45, 7) is 1.99. The van der Waals surface area contributed by atoms with E-state index in [-0.39, 0.29) is 29.1 Å². The molecule has 9 nitrogen and oxygen atoms in total. The molecule has 0 unspecified atom stereocenters. The van der Waals surface area contributed by atoms with Gasteiger partial charge in [-0.3, -0.25) is 24.0 Å². The molecule has 2 fully saturated rings. The number of nitrogen functional groups attached to an aromatic ring is 1. The summed E-state index contributed by atoms with van der Waals surface area (Å²) in [5, 5.41) is 3.34. The van der Waals surface area contributed by atoms with Crippen molar-refractivity contribution < 1.29 is 9.59 Å². The molecule has 2 aliphatic carbocycles. The lowest BCUT2D eigenvalue weighted by molar-refractivity contribution is 0.0900. The largest absolute Gasteiger partial charge is 0.382 e. The van der Waals surface area contributed by atoms with Crippen molar-refractivity contribution in [3.8, 4) is 11.3 Å². The quantitative estimate of drug-likeness (QED) is 0.273. The van der Waals surface area contributed by atoms with E-state index in [4.69, 9.17) is 10.7 Å². The molecule has 2 aliphatic rings. The number of Topliss-reactive ketones (excluding diaryl/α,β-unsaturated/α-hetero) is 1. The first-order valence-corrected chi connectivity index (χ1v) is 14.3. The Labute approximate surface area is 243 Å². The average Bonchev–Trinajstić information content (AvgIpc) is 3.69. The highest BCUT2D eigenvalue weighted by atomic mass is 16.2. The number of ketones is 1. The summed E-state index contributed by atoms with van der Waals surface area (Å²) in [5.74, 6) is 1.27. The van der Waals surface area contributed by atoms with E-state index >= 15 is 0 Å². The van der Waals surface area contributed by atoms with Crippen molar-refractivity contribution in [2.75, 3.05) is 5.73 Å². The zero-order valence-corrected chi connectivity index (χ0v) is 23.4. The van der Waals surface area contributed by atoms with E-state index in [0.29, 0.717) is 16.9 Å². The minimum Gasteiger partial charge on any atom is -0.382 e. The summed E-state index contributed by atoms with van der Waals surface area (Å²) >= 11 is 0. The number of rotatable bonds is 7. The van der Waals surface area contributed by atoms with Gasteiger partial charge in [-0.1, -0.05) is 24.3 Å². The summed E-state index contributed by atoms with van der Waals surface area (Å²) in [5.41, 5.74) is 11.4. The second-order valence-corrected chi connectivity index (χ2v) is 11.8. The molecule has 5 aromatic rings. The Balaban J connectivity index is 1.19. The molecule has 1 amide bonds. The summed E-state index contributed by atoms with van der Waals surface area (Å²) in [4.78, 5) is 44.0. The number of anilines is 1. The molecule has 0 spiro atoms. The van der Waals surface area contributed by atoms with E-state index in [1.807, 2.05) is 49.5 Å². The molecular formula is C33H31N7O2. The smallest absolute Gasteiger partial charge is 0.253 e. The number of nitrogens with two attached hydrogens (primary N) is 1. The first-order valence-electron chi connectivity index (χ1n) is 14.3. The fraction of sp³-hybridized carbons (Fsp3) is 0.273. The van der Waals surface area contributed by atoms with Crippen molar-refractivity contribution >= 4 is 23.0 Å². The van der Waals surface area contributed by atoms with Gasteiger partial charge in [0.15, 0.2) is 5.78 Å². The molecule has 4 aromatic heterocycles. The van der Waals surface area contributed by atoms with Crippen LogP contribution in [-0.2, 0) is 11.8 Å². The predicted molar refractivity (Wildman–Crippen MR) is 159 cm³/mol. The molecule has 3 N–H and O–H groups in total. The highest BCUT2D eigenvalue weighted by Gasteiger charge is 2.57. The number of nitrogens with zero attached hydrogens (tertiary/aromatic N) is 5. The molecule has 210 valence electrons. The van der Waals surface area contributed by atoms with Gasteiger partial charge in [0.05, 0.1) is 12.0 Å². The van der Waals surface area contributed by atoms with Crippen LogP contribution in [0, 0.1) is 6.92 Å². The molecule has 9 heteroatoms. The zero-order valence-electron chi connectivity index (χ0n) is 23.4. The molecule has 7 rings (SSSR count). The summed E-state index contributed by atoms with van der Waals surface area (Å²) in [7, 11) is 0. The van der Waals surface area contributed by atoms with Crippen molar-refractivity contribution in [1.82, 2.24) is 29.7 Å². The van der Waals surface area contributed by atoms with Crippen molar-refractivity contribution in [1.29, 1.82) is 0 Å². The topological polar surface area (TPSA) is 128 Å². The van der Waals surface area contributed by atoms with Crippen LogP contribution in [0.5, 0.6) is 0 Å². The van der Waals surface area contributed by atoms with Crippen LogP contribution >= 0.6 is 0 Å². The van der Waals surface area contributed by atoms with Crippen LogP contribution in [0.15, 0.2) is 79.5 Å². The van der Waals surface area contributed by atoms with Crippen molar-refractivity contribution in [3.05, 3.63) is 108 Å². The number of imidazole rings is 1. The van der Waals surface area contributed by atoms with Gasteiger partial charge < -0.3 is 11.1 Å². The lowest BCUT2D eigenvalue weighted by atomic mass is 9.83. The van der Waals surface area contributed by atoms with Crippen molar-refractivity contribution in [2.24, 2.45) is 0 Å². The van der Waals surface area contributed by atoms with Crippen LogP contribution in [-0.4, -0.2) is 41.6 Å². The van der Waals surface area contributed by atoms with E-state index in [9.17, 15) is 9.59 Å². The SMILES string of the molecule is Cc1ccnc(CC(=O)c2ccc(-c3nc(C45CCC(NC(=O)c6cccnc6)(CC4)C5)n4ccnc(N)c34)cc2)c1. The van der Waals surface area contributed by atoms with Crippen molar-refractivity contribution in [3.63, 3.8) is 0 Å². The Morgan fingerprint density at radius 2 is 1.79 bits per heavy atom. The van der Waals surface area contributed by atoms with Gasteiger partial charge in [-0.2, -0.15) is 0 Å². The van der Waals surface area contributed by atoms with E-state index in [1.165, 1.54) is 0 Å². The van der Waals surface area contributed by atoms with Gasteiger partial charge in [0.2, 0.25) is 0 Å². The van der Waals surface area contributed by atoms with Crippen LogP contribution in [0.2, 0.25) is 0 Å². The van der Waals surface area contributed by atoms with Crippen LogP contribution in [0.4, 0.5) is 5.82 Å². The van der Waals surface area contributed by atoms with Crippen LogP contribution in [0.3, 0.4) is 0 Å². The second kappa shape index (κ2) is 9.87. The van der Waals surface area contributed by atoms with Gasteiger partial charge in [0, 0.05) is 58.8 Å². The number of fused-ring (bicyclic) bond motifs is 3. The number of hydrogen-bond donors (Lipinski definition) is 2. The number of carbonyl (C=O) groups is 2. The monoisotopic (exact) mass is 557 g/mol. The maximum Gasteiger partial charge on any atom is 0.253 e. The van der Waals surface area contributed by atoms with Gasteiger partial charge in [-0.05, 0) is 68.9 Å². The third-order valence-electron chi connectivity index (χ3n) is 8.99. The van der Waals surface area contributed by atoms with Crippen LogP contribution < -0.4 is 11.1 Å².